The number of nitrogens with two attached hydrogens (primary N) is 1. The van der Waals surface area contributed by atoms with Crippen LogP contribution in [-0.2, 0) is 4.57 Å². The lowest BCUT2D eigenvalue weighted by atomic mass is 10.1. The van der Waals surface area contributed by atoms with E-state index >= 15 is 0 Å². The molecule has 64 valence electrons. The van der Waals surface area contributed by atoms with Gasteiger partial charge in [-0.15, -0.1) is 0 Å². The Morgan fingerprint density at radius 1 is 1.91 bits per heavy atom. The first-order valence-electron chi connectivity index (χ1n) is 3.96. The maximum absolute atomic E-state index is 10.7. The Bertz CT molecular complexity index is 185. The van der Waals surface area contributed by atoms with Gasteiger partial charge in [0, 0.05) is 0 Å². The SMILES string of the molecule is CC[C@H]1C[C@@]1(N)C(C)[P+](=O)O. The summed E-state index contributed by atoms with van der Waals surface area (Å²) in [6, 6.07) is 0. The van der Waals surface area contributed by atoms with E-state index in [1.54, 1.807) is 6.92 Å². The molecule has 4 heteroatoms. The van der Waals surface area contributed by atoms with E-state index in [9.17, 15) is 4.57 Å². The van der Waals surface area contributed by atoms with Gasteiger partial charge in [-0.05, 0) is 23.8 Å². The summed E-state index contributed by atoms with van der Waals surface area (Å²) in [6.45, 7) is 3.82. The third kappa shape index (κ3) is 1.46. The number of rotatable bonds is 3. The van der Waals surface area contributed by atoms with Gasteiger partial charge in [-0.3, -0.25) is 0 Å². The predicted octanol–water partition coefficient (Wildman–Crippen LogP) is 1.24. The summed E-state index contributed by atoms with van der Waals surface area (Å²) in [4.78, 5) is 8.84. The first-order valence-corrected chi connectivity index (χ1v) is 5.24. The highest BCUT2D eigenvalue weighted by Gasteiger charge is 2.60. The van der Waals surface area contributed by atoms with Crippen LogP contribution in [0.25, 0.3) is 0 Å². The summed E-state index contributed by atoms with van der Waals surface area (Å²) in [7, 11) is -2.09. The molecule has 0 aromatic heterocycles. The fraction of sp³-hybridized carbons (Fsp3) is 1.00. The molecule has 1 aliphatic carbocycles. The summed E-state index contributed by atoms with van der Waals surface area (Å²) in [5, 5.41) is 0. The Morgan fingerprint density at radius 2 is 2.45 bits per heavy atom. The average Bonchev–Trinajstić information content (AvgIpc) is 2.61. The molecular formula is C7H15NO2P+. The first-order chi connectivity index (χ1) is 5.02. The summed E-state index contributed by atoms with van der Waals surface area (Å²) in [5.74, 6) is 0.462. The van der Waals surface area contributed by atoms with Crippen molar-refractivity contribution >= 4 is 8.03 Å². The zero-order valence-corrected chi connectivity index (χ0v) is 7.84. The van der Waals surface area contributed by atoms with Crippen LogP contribution in [-0.4, -0.2) is 16.1 Å². The summed E-state index contributed by atoms with van der Waals surface area (Å²) in [6.07, 6.45) is 1.93. The third-order valence-corrected chi connectivity index (χ3v) is 3.95. The van der Waals surface area contributed by atoms with Crippen LogP contribution in [0.3, 0.4) is 0 Å². The fourth-order valence-electron chi connectivity index (χ4n) is 1.61. The van der Waals surface area contributed by atoms with Crippen LogP contribution in [0.5, 0.6) is 0 Å². The molecule has 0 saturated heterocycles. The van der Waals surface area contributed by atoms with Crippen molar-refractivity contribution in [1.29, 1.82) is 0 Å². The number of hydrogen-bond donors (Lipinski definition) is 2. The van der Waals surface area contributed by atoms with E-state index in [-0.39, 0.29) is 11.2 Å². The molecule has 3 N–H and O–H groups in total. The van der Waals surface area contributed by atoms with E-state index in [2.05, 4.69) is 6.92 Å². The summed E-state index contributed by atoms with van der Waals surface area (Å²) in [5.41, 5.74) is 5.32. The van der Waals surface area contributed by atoms with E-state index in [1.165, 1.54) is 0 Å². The molecule has 0 bridgehead atoms. The Balaban J connectivity index is 2.56. The highest BCUT2D eigenvalue weighted by molar-refractivity contribution is 7.39. The van der Waals surface area contributed by atoms with Crippen molar-refractivity contribution in [3.05, 3.63) is 0 Å². The van der Waals surface area contributed by atoms with Gasteiger partial charge < -0.3 is 5.73 Å². The molecule has 11 heavy (non-hydrogen) atoms. The molecular weight excluding hydrogens is 161 g/mol. The maximum Gasteiger partial charge on any atom is 0.510 e. The molecule has 1 fully saturated rings. The van der Waals surface area contributed by atoms with Crippen LogP contribution in [0.2, 0.25) is 0 Å². The van der Waals surface area contributed by atoms with Crippen molar-refractivity contribution in [3.8, 4) is 0 Å². The molecule has 0 aliphatic heterocycles. The van der Waals surface area contributed by atoms with Crippen LogP contribution in [0, 0.1) is 5.92 Å². The quantitative estimate of drug-likeness (QED) is 0.636. The van der Waals surface area contributed by atoms with Crippen LogP contribution >= 0.6 is 8.03 Å². The van der Waals surface area contributed by atoms with Crippen LogP contribution in [0.1, 0.15) is 26.7 Å². The molecule has 0 heterocycles. The van der Waals surface area contributed by atoms with E-state index in [1.807, 2.05) is 0 Å². The standard InChI is InChI=1S/C7H14NO2P/c1-3-6-4-7(6,8)5(2)11(9)10/h5-6H,3-4,8H2,1-2H3/p+1/t5?,6-,7+/m0/s1. The van der Waals surface area contributed by atoms with Gasteiger partial charge in [0.2, 0.25) is 5.66 Å². The molecule has 2 unspecified atom stereocenters. The number of hydrogen-bond acceptors (Lipinski definition) is 2. The van der Waals surface area contributed by atoms with Gasteiger partial charge in [0.1, 0.15) is 0 Å². The normalized spacial score (nSPS) is 40.0. The van der Waals surface area contributed by atoms with Crippen molar-refractivity contribution in [2.45, 2.75) is 37.9 Å². The Labute approximate surface area is 67.8 Å². The Kier molecular flexibility index (Phi) is 2.33. The maximum atomic E-state index is 10.7. The van der Waals surface area contributed by atoms with Gasteiger partial charge in [0.05, 0.1) is 5.54 Å². The molecule has 0 amide bonds. The van der Waals surface area contributed by atoms with Gasteiger partial charge in [-0.2, -0.15) is 4.89 Å². The minimum absolute atomic E-state index is 0.248. The minimum atomic E-state index is -2.09. The second kappa shape index (κ2) is 2.81. The zero-order chi connectivity index (χ0) is 8.65. The topological polar surface area (TPSA) is 63.3 Å². The molecule has 0 spiro atoms. The Morgan fingerprint density at radius 3 is 2.73 bits per heavy atom. The molecule has 1 saturated carbocycles. The van der Waals surface area contributed by atoms with Crippen LogP contribution < -0.4 is 5.73 Å². The van der Waals surface area contributed by atoms with E-state index in [0.717, 1.165) is 12.8 Å². The highest BCUT2D eigenvalue weighted by Crippen LogP contribution is 2.51. The van der Waals surface area contributed by atoms with Crippen LogP contribution in [0.4, 0.5) is 0 Å². The lowest BCUT2D eigenvalue weighted by Gasteiger charge is -2.08. The highest BCUT2D eigenvalue weighted by atomic mass is 31.1. The van der Waals surface area contributed by atoms with Crippen molar-refractivity contribution in [1.82, 2.24) is 0 Å². The average molecular weight is 176 g/mol. The fourth-order valence-corrected chi connectivity index (χ4v) is 2.34. The molecule has 0 aromatic carbocycles. The Hall–Kier alpha value is 0.0200. The predicted molar refractivity (Wildman–Crippen MR) is 44.6 cm³/mol. The monoisotopic (exact) mass is 176 g/mol. The second-order valence-corrected chi connectivity index (χ2v) is 4.78. The lowest BCUT2D eigenvalue weighted by molar-refractivity contribution is 0.464. The van der Waals surface area contributed by atoms with E-state index in [4.69, 9.17) is 10.6 Å². The van der Waals surface area contributed by atoms with Crippen molar-refractivity contribution in [2.75, 3.05) is 0 Å². The van der Waals surface area contributed by atoms with Crippen molar-refractivity contribution in [3.63, 3.8) is 0 Å². The van der Waals surface area contributed by atoms with Crippen molar-refractivity contribution in [2.24, 2.45) is 11.7 Å². The van der Waals surface area contributed by atoms with Gasteiger partial charge >= 0.3 is 8.03 Å². The first kappa shape index (κ1) is 9.11. The summed E-state index contributed by atoms with van der Waals surface area (Å²) < 4.78 is 10.7. The molecule has 0 aromatic rings. The molecule has 0 radical (unpaired) electrons. The molecule has 1 rings (SSSR count). The smallest absolute Gasteiger partial charge is 0.321 e. The minimum Gasteiger partial charge on any atom is -0.321 e. The van der Waals surface area contributed by atoms with Crippen molar-refractivity contribution < 1.29 is 9.46 Å². The summed E-state index contributed by atoms with van der Waals surface area (Å²) >= 11 is 0. The van der Waals surface area contributed by atoms with Gasteiger partial charge in [0.25, 0.3) is 0 Å². The van der Waals surface area contributed by atoms with Gasteiger partial charge in [-0.25, -0.2) is 0 Å². The molecule has 4 atom stereocenters. The third-order valence-electron chi connectivity index (χ3n) is 2.80. The molecule has 3 nitrogen and oxygen atoms in total. The van der Waals surface area contributed by atoms with E-state index < -0.39 is 8.03 Å². The molecule has 1 aliphatic rings. The van der Waals surface area contributed by atoms with E-state index in [0.29, 0.717) is 5.92 Å². The van der Waals surface area contributed by atoms with Gasteiger partial charge in [-0.1, -0.05) is 13.3 Å². The lowest BCUT2D eigenvalue weighted by Crippen LogP contribution is -2.35. The second-order valence-electron chi connectivity index (χ2n) is 3.40. The largest absolute Gasteiger partial charge is 0.510 e. The zero-order valence-electron chi connectivity index (χ0n) is 6.95. The van der Waals surface area contributed by atoms with Gasteiger partial charge in [0.15, 0.2) is 0 Å². The van der Waals surface area contributed by atoms with Crippen LogP contribution in [0.15, 0.2) is 0 Å².